The van der Waals surface area contributed by atoms with E-state index in [1.807, 2.05) is 56.3 Å². The second-order valence-electron chi connectivity index (χ2n) is 8.39. The molecular formula is C26H28N2O4S. The summed E-state index contributed by atoms with van der Waals surface area (Å²) in [5.41, 5.74) is 5.28. The molecule has 0 bridgehead atoms. The lowest BCUT2D eigenvalue weighted by Crippen LogP contribution is -2.35. The molecule has 1 amide bonds. The third kappa shape index (κ3) is 4.88. The number of anilines is 2. The summed E-state index contributed by atoms with van der Waals surface area (Å²) in [5, 5.41) is 2.85. The summed E-state index contributed by atoms with van der Waals surface area (Å²) in [5.74, 6) is 0.201. The maximum atomic E-state index is 13.4. The standard InChI is InChI=1S/C26H28N2O4S/c1-18-10-12-23(19(2)15-18)27-26(29)17-32-25-13-11-22(16-20(25)3)33(30,31)28-14-6-8-21-7-4-5-9-24(21)28/h4-5,7,9-13,15-16H,6,8,14,17H2,1-3H3,(H,27,29). The quantitative estimate of drug-likeness (QED) is 0.570. The van der Waals surface area contributed by atoms with Crippen LogP contribution >= 0.6 is 0 Å². The summed E-state index contributed by atoms with van der Waals surface area (Å²) >= 11 is 0. The van der Waals surface area contributed by atoms with Gasteiger partial charge in [-0.1, -0.05) is 35.9 Å². The molecule has 4 rings (SSSR count). The van der Waals surface area contributed by atoms with Gasteiger partial charge in [-0.05, 0) is 80.6 Å². The smallest absolute Gasteiger partial charge is 0.264 e. The summed E-state index contributed by atoms with van der Waals surface area (Å²) in [6, 6.07) is 18.2. The minimum atomic E-state index is -3.70. The number of nitrogens with one attached hydrogen (secondary N) is 1. The van der Waals surface area contributed by atoms with Crippen molar-refractivity contribution in [2.24, 2.45) is 0 Å². The van der Waals surface area contributed by atoms with E-state index >= 15 is 0 Å². The number of aryl methyl sites for hydroxylation is 4. The van der Waals surface area contributed by atoms with Gasteiger partial charge in [0.05, 0.1) is 10.6 Å². The first-order valence-electron chi connectivity index (χ1n) is 11.0. The zero-order valence-corrected chi connectivity index (χ0v) is 19.9. The zero-order valence-electron chi connectivity index (χ0n) is 19.1. The summed E-state index contributed by atoms with van der Waals surface area (Å²) in [6.45, 7) is 6.00. The number of para-hydroxylation sites is 1. The molecule has 1 aliphatic heterocycles. The van der Waals surface area contributed by atoms with E-state index in [4.69, 9.17) is 4.74 Å². The Morgan fingerprint density at radius 2 is 1.79 bits per heavy atom. The van der Waals surface area contributed by atoms with Gasteiger partial charge in [0.2, 0.25) is 0 Å². The van der Waals surface area contributed by atoms with E-state index in [1.54, 1.807) is 19.1 Å². The SMILES string of the molecule is Cc1ccc(NC(=O)COc2ccc(S(=O)(=O)N3CCCc4ccccc43)cc2C)c(C)c1. The van der Waals surface area contributed by atoms with Gasteiger partial charge in [-0.3, -0.25) is 9.10 Å². The topological polar surface area (TPSA) is 75.7 Å². The number of hydrogen-bond donors (Lipinski definition) is 1. The first-order valence-corrected chi connectivity index (χ1v) is 12.4. The molecule has 0 saturated heterocycles. The van der Waals surface area contributed by atoms with Gasteiger partial charge >= 0.3 is 0 Å². The Bertz CT molecular complexity index is 1300. The molecule has 0 fully saturated rings. The van der Waals surface area contributed by atoms with Crippen molar-refractivity contribution in [3.63, 3.8) is 0 Å². The third-order valence-corrected chi connectivity index (χ3v) is 7.63. The Hall–Kier alpha value is -3.32. The maximum absolute atomic E-state index is 13.4. The molecule has 3 aromatic rings. The molecule has 0 saturated carbocycles. The molecule has 1 aliphatic rings. The number of amides is 1. The fraction of sp³-hybridized carbons (Fsp3) is 0.269. The number of carbonyl (C=O) groups excluding carboxylic acids is 1. The summed E-state index contributed by atoms with van der Waals surface area (Å²) in [4.78, 5) is 12.6. The van der Waals surface area contributed by atoms with Gasteiger partial charge in [0.15, 0.2) is 6.61 Å². The highest BCUT2D eigenvalue weighted by Gasteiger charge is 2.29. The van der Waals surface area contributed by atoms with E-state index in [2.05, 4.69) is 5.32 Å². The normalized spacial score (nSPS) is 13.4. The van der Waals surface area contributed by atoms with E-state index in [0.29, 0.717) is 17.9 Å². The zero-order chi connectivity index (χ0) is 23.6. The lowest BCUT2D eigenvalue weighted by molar-refractivity contribution is -0.118. The number of sulfonamides is 1. The van der Waals surface area contributed by atoms with Crippen molar-refractivity contribution in [1.29, 1.82) is 0 Å². The van der Waals surface area contributed by atoms with Gasteiger partial charge in [-0.25, -0.2) is 8.42 Å². The van der Waals surface area contributed by atoms with Crippen LogP contribution in [0.25, 0.3) is 0 Å². The molecule has 0 spiro atoms. The minimum Gasteiger partial charge on any atom is -0.483 e. The number of rotatable bonds is 6. The molecule has 0 atom stereocenters. The van der Waals surface area contributed by atoms with Crippen LogP contribution in [-0.2, 0) is 21.2 Å². The molecule has 0 aromatic heterocycles. The Morgan fingerprint density at radius 3 is 2.55 bits per heavy atom. The van der Waals surface area contributed by atoms with Crippen molar-refractivity contribution < 1.29 is 17.9 Å². The molecule has 0 aliphatic carbocycles. The van der Waals surface area contributed by atoms with Crippen molar-refractivity contribution >= 4 is 27.3 Å². The predicted octanol–water partition coefficient (Wildman–Crippen LogP) is 4.77. The molecule has 33 heavy (non-hydrogen) atoms. The fourth-order valence-corrected chi connectivity index (χ4v) is 5.73. The first-order chi connectivity index (χ1) is 15.8. The van der Waals surface area contributed by atoms with E-state index in [1.165, 1.54) is 10.4 Å². The van der Waals surface area contributed by atoms with Crippen LogP contribution in [0.5, 0.6) is 5.75 Å². The summed E-state index contributed by atoms with van der Waals surface area (Å²) < 4.78 is 33.9. The largest absolute Gasteiger partial charge is 0.483 e. The Morgan fingerprint density at radius 1 is 1.00 bits per heavy atom. The summed E-state index contributed by atoms with van der Waals surface area (Å²) in [6.07, 6.45) is 1.66. The Labute approximate surface area is 195 Å². The van der Waals surface area contributed by atoms with Gasteiger partial charge in [-0.2, -0.15) is 0 Å². The number of nitrogens with zero attached hydrogens (tertiary/aromatic N) is 1. The van der Waals surface area contributed by atoms with Crippen LogP contribution in [0.1, 0.15) is 28.7 Å². The van der Waals surface area contributed by atoms with Gasteiger partial charge in [0.25, 0.3) is 15.9 Å². The van der Waals surface area contributed by atoms with Crippen LogP contribution in [-0.4, -0.2) is 27.5 Å². The van der Waals surface area contributed by atoms with Gasteiger partial charge in [0.1, 0.15) is 5.75 Å². The highest BCUT2D eigenvalue weighted by atomic mass is 32.2. The van der Waals surface area contributed by atoms with Gasteiger partial charge in [-0.15, -0.1) is 0 Å². The van der Waals surface area contributed by atoms with Crippen molar-refractivity contribution in [2.45, 2.75) is 38.5 Å². The third-order valence-electron chi connectivity index (χ3n) is 5.82. The molecular weight excluding hydrogens is 436 g/mol. The average molecular weight is 465 g/mol. The van der Waals surface area contributed by atoms with Crippen molar-refractivity contribution in [3.05, 3.63) is 82.9 Å². The van der Waals surface area contributed by atoms with Crippen molar-refractivity contribution in [2.75, 3.05) is 22.8 Å². The van der Waals surface area contributed by atoms with Gasteiger partial charge < -0.3 is 10.1 Å². The van der Waals surface area contributed by atoms with Crippen LogP contribution in [0.15, 0.2) is 65.6 Å². The molecule has 1 N–H and O–H groups in total. The molecule has 7 heteroatoms. The van der Waals surface area contributed by atoms with E-state index in [9.17, 15) is 13.2 Å². The van der Waals surface area contributed by atoms with E-state index in [-0.39, 0.29) is 17.4 Å². The van der Waals surface area contributed by atoms with Crippen LogP contribution in [0, 0.1) is 20.8 Å². The van der Waals surface area contributed by atoms with Crippen LogP contribution in [0.3, 0.4) is 0 Å². The number of carbonyl (C=O) groups is 1. The molecule has 3 aromatic carbocycles. The number of ether oxygens (including phenoxy) is 1. The monoisotopic (exact) mass is 464 g/mol. The first kappa shape index (κ1) is 22.9. The molecule has 1 heterocycles. The average Bonchev–Trinajstić information content (AvgIpc) is 2.79. The van der Waals surface area contributed by atoms with Crippen molar-refractivity contribution in [1.82, 2.24) is 0 Å². The number of benzene rings is 3. The number of hydrogen-bond acceptors (Lipinski definition) is 4. The molecule has 0 radical (unpaired) electrons. The highest BCUT2D eigenvalue weighted by molar-refractivity contribution is 7.92. The fourth-order valence-electron chi connectivity index (χ4n) is 4.10. The number of fused-ring (bicyclic) bond motifs is 1. The molecule has 6 nitrogen and oxygen atoms in total. The Kier molecular flexibility index (Phi) is 6.42. The molecule has 172 valence electrons. The second kappa shape index (κ2) is 9.27. The van der Waals surface area contributed by atoms with Crippen LogP contribution in [0.2, 0.25) is 0 Å². The Balaban J connectivity index is 1.46. The highest BCUT2D eigenvalue weighted by Crippen LogP contribution is 2.33. The van der Waals surface area contributed by atoms with Crippen molar-refractivity contribution in [3.8, 4) is 5.75 Å². The molecule has 0 unspecified atom stereocenters. The van der Waals surface area contributed by atoms with Crippen LogP contribution in [0.4, 0.5) is 11.4 Å². The second-order valence-corrected chi connectivity index (χ2v) is 10.3. The predicted molar refractivity (Wildman–Crippen MR) is 131 cm³/mol. The lowest BCUT2D eigenvalue weighted by atomic mass is 10.0. The lowest BCUT2D eigenvalue weighted by Gasteiger charge is -2.30. The maximum Gasteiger partial charge on any atom is 0.264 e. The minimum absolute atomic E-state index is 0.167. The van der Waals surface area contributed by atoms with E-state index in [0.717, 1.165) is 40.9 Å². The van der Waals surface area contributed by atoms with Crippen LogP contribution < -0.4 is 14.4 Å². The van der Waals surface area contributed by atoms with E-state index < -0.39 is 10.0 Å². The summed E-state index contributed by atoms with van der Waals surface area (Å²) in [7, 11) is -3.70. The van der Waals surface area contributed by atoms with Gasteiger partial charge in [0, 0.05) is 12.2 Å².